The molecule has 2 saturated heterocycles. The second-order valence-corrected chi connectivity index (χ2v) is 6.86. The van der Waals surface area contributed by atoms with Gasteiger partial charge in [0.2, 0.25) is 0 Å². The van der Waals surface area contributed by atoms with E-state index in [2.05, 4.69) is 26.1 Å². The van der Waals surface area contributed by atoms with Crippen LogP contribution in [0.4, 0.5) is 4.39 Å². The number of benzene rings is 1. The van der Waals surface area contributed by atoms with Gasteiger partial charge in [-0.05, 0) is 62.5 Å². The van der Waals surface area contributed by atoms with Crippen molar-refractivity contribution in [2.45, 2.75) is 25.8 Å². The molecule has 3 rings (SSSR count). The fourth-order valence-electron chi connectivity index (χ4n) is 3.43. The molecule has 2 heterocycles. The summed E-state index contributed by atoms with van der Waals surface area (Å²) in [7, 11) is 0. The zero-order chi connectivity index (χ0) is 13.3. The van der Waals surface area contributed by atoms with Gasteiger partial charge in [0, 0.05) is 23.1 Å². The van der Waals surface area contributed by atoms with Gasteiger partial charge in [0.25, 0.3) is 0 Å². The summed E-state index contributed by atoms with van der Waals surface area (Å²) in [4.78, 5) is 2.41. The van der Waals surface area contributed by atoms with Crippen molar-refractivity contribution in [2.24, 2.45) is 5.41 Å². The Bertz CT molecular complexity index is 457. The van der Waals surface area contributed by atoms with Crippen molar-refractivity contribution in [3.63, 3.8) is 0 Å². The van der Waals surface area contributed by atoms with Crippen molar-refractivity contribution in [3.05, 3.63) is 34.1 Å². The Hall–Kier alpha value is -0.450. The van der Waals surface area contributed by atoms with Gasteiger partial charge in [-0.15, -0.1) is 0 Å². The third-order valence-electron chi connectivity index (χ3n) is 4.58. The summed E-state index contributed by atoms with van der Waals surface area (Å²) >= 11 is 3.42. The van der Waals surface area contributed by atoms with Crippen LogP contribution in [0.2, 0.25) is 0 Å². The van der Waals surface area contributed by atoms with Crippen LogP contribution in [0.3, 0.4) is 0 Å². The first kappa shape index (κ1) is 13.5. The Morgan fingerprint density at radius 3 is 2.84 bits per heavy atom. The van der Waals surface area contributed by atoms with Gasteiger partial charge >= 0.3 is 0 Å². The van der Waals surface area contributed by atoms with Crippen LogP contribution in [-0.4, -0.2) is 31.1 Å². The van der Waals surface area contributed by atoms with Crippen molar-refractivity contribution in [1.29, 1.82) is 0 Å². The monoisotopic (exact) mass is 326 g/mol. The summed E-state index contributed by atoms with van der Waals surface area (Å²) in [5, 5.41) is 3.43. The minimum atomic E-state index is -0.0885. The molecule has 0 aromatic heterocycles. The number of hydrogen-bond donors (Lipinski definition) is 1. The van der Waals surface area contributed by atoms with E-state index in [0.29, 0.717) is 5.41 Å². The predicted octanol–water partition coefficient (Wildman–Crippen LogP) is 3.16. The van der Waals surface area contributed by atoms with E-state index in [9.17, 15) is 4.39 Å². The molecule has 2 aliphatic rings. The molecule has 1 spiro atoms. The second kappa shape index (κ2) is 5.51. The minimum Gasteiger partial charge on any atom is -0.317 e. The molecule has 104 valence electrons. The molecule has 0 unspecified atom stereocenters. The molecule has 0 amide bonds. The average Bonchev–Trinajstić information content (AvgIpc) is 2.78. The number of nitrogens with one attached hydrogen (secondary N) is 1. The molecule has 0 aliphatic carbocycles. The normalized spacial score (nSPS) is 23.1. The molecule has 0 saturated carbocycles. The lowest BCUT2D eigenvalue weighted by molar-refractivity contribution is 0.193. The van der Waals surface area contributed by atoms with Gasteiger partial charge in [0.05, 0.1) is 0 Å². The summed E-state index contributed by atoms with van der Waals surface area (Å²) in [5.41, 5.74) is 1.30. The van der Waals surface area contributed by atoms with Gasteiger partial charge in [-0.3, -0.25) is 4.90 Å². The van der Waals surface area contributed by atoms with E-state index in [-0.39, 0.29) is 5.82 Å². The Labute approximate surface area is 122 Å². The standard InChI is InChI=1S/C15H20BrFN2/c16-13-1-2-14(17)12(9-13)10-19-8-5-15(11-19)3-6-18-7-4-15/h1-2,9,18H,3-8,10-11H2. The molecular formula is C15H20BrFN2. The maximum atomic E-state index is 13.8. The van der Waals surface area contributed by atoms with E-state index >= 15 is 0 Å². The zero-order valence-corrected chi connectivity index (χ0v) is 12.7. The molecule has 0 atom stereocenters. The summed E-state index contributed by atoms with van der Waals surface area (Å²) < 4.78 is 14.8. The molecular weight excluding hydrogens is 307 g/mol. The molecule has 0 bridgehead atoms. The molecule has 4 heteroatoms. The van der Waals surface area contributed by atoms with Crippen molar-refractivity contribution < 1.29 is 4.39 Å². The Morgan fingerprint density at radius 2 is 2.05 bits per heavy atom. The first-order chi connectivity index (χ1) is 9.17. The lowest BCUT2D eigenvalue weighted by Crippen LogP contribution is -2.38. The number of piperidine rings is 1. The fraction of sp³-hybridized carbons (Fsp3) is 0.600. The third-order valence-corrected chi connectivity index (χ3v) is 5.08. The molecule has 2 aliphatic heterocycles. The second-order valence-electron chi connectivity index (χ2n) is 5.95. The first-order valence-electron chi connectivity index (χ1n) is 7.04. The van der Waals surface area contributed by atoms with Crippen LogP contribution in [0.25, 0.3) is 0 Å². The number of halogens is 2. The first-order valence-corrected chi connectivity index (χ1v) is 7.83. The number of nitrogens with zero attached hydrogens (tertiary/aromatic N) is 1. The SMILES string of the molecule is Fc1ccc(Br)cc1CN1CCC2(CCNCC2)C1. The average molecular weight is 327 g/mol. The van der Waals surface area contributed by atoms with Crippen molar-refractivity contribution >= 4 is 15.9 Å². The number of likely N-dealkylation sites (tertiary alicyclic amines) is 1. The van der Waals surface area contributed by atoms with Gasteiger partial charge in [0.1, 0.15) is 5.82 Å². The van der Waals surface area contributed by atoms with Gasteiger partial charge in [-0.1, -0.05) is 15.9 Å². The predicted molar refractivity (Wildman–Crippen MR) is 78.5 cm³/mol. The van der Waals surface area contributed by atoms with E-state index in [1.165, 1.54) is 19.3 Å². The molecule has 2 fully saturated rings. The quantitative estimate of drug-likeness (QED) is 0.898. The van der Waals surface area contributed by atoms with Gasteiger partial charge in [0.15, 0.2) is 0 Å². The van der Waals surface area contributed by atoms with Crippen molar-refractivity contribution in [2.75, 3.05) is 26.2 Å². The Kier molecular flexibility index (Phi) is 3.92. The molecule has 19 heavy (non-hydrogen) atoms. The van der Waals surface area contributed by atoms with Crippen LogP contribution < -0.4 is 5.32 Å². The van der Waals surface area contributed by atoms with Crippen molar-refractivity contribution in [3.8, 4) is 0 Å². The Balaban J connectivity index is 1.66. The van der Waals surface area contributed by atoms with Crippen molar-refractivity contribution in [1.82, 2.24) is 10.2 Å². The van der Waals surface area contributed by atoms with E-state index in [4.69, 9.17) is 0 Å². The molecule has 1 aromatic rings. The largest absolute Gasteiger partial charge is 0.317 e. The number of hydrogen-bond acceptors (Lipinski definition) is 2. The highest BCUT2D eigenvalue weighted by Gasteiger charge is 2.38. The van der Waals surface area contributed by atoms with E-state index in [0.717, 1.165) is 42.8 Å². The van der Waals surface area contributed by atoms with Crippen LogP contribution in [0.15, 0.2) is 22.7 Å². The van der Waals surface area contributed by atoms with Gasteiger partial charge < -0.3 is 5.32 Å². The Morgan fingerprint density at radius 1 is 1.26 bits per heavy atom. The van der Waals surface area contributed by atoms with Crippen LogP contribution in [0, 0.1) is 11.2 Å². The summed E-state index contributed by atoms with van der Waals surface area (Å²) in [5.74, 6) is -0.0885. The lowest BCUT2D eigenvalue weighted by atomic mass is 9.78. The fourth-order valence-corrected chi connectivity index (χ4v) is 3.84. The highest BCUT2D eigenvalue weighted by molar-refractivity contribution is 9.10. The molecule has 0 radical (unpaired) electrons. The topological polar surface area (TPSA) is 15.3 Å². The van der Waals surface area contributed by atoms with Crippen LogP contribution in [0.5, 0.6) is 0 Å². The van der Waals surface area contributed by atoms with E-state index in [1.54, 1.807) is 12.1 Å². The van der Waals surface area contributed by atoms with Crippen LogP contribution in [-0.2, 0) is 6.54 Å². The van der Waals surface area contributed by atoms with E-state index < -0.39 is 0 Å². The highest BCUT2D eigenvalue weighted by atomic mass is 79.9. The van der Waals surface area contributed by atoms with Crippen LogP contribution in [0.1, 0.15) is 24.8 Å². The summed E-state index contributed by atoms with van der Waals surface area (Å²) in [6.45, 7) is 5.24. The third kappa shape index (κ3) is 3.01. The van der Waals surface area contributed by atoms with Crippen LogP contribution >= 0.6 is 15.9 Å². The summed E-state index contributed by atoms with van der Waals surface area (Å²) in [6.07, 6.45) is 3.80. The molecule has 2 nitrogen and oxygen atoms in total. The molecule has 1 N–H and O–H groups in total. The highest BCUT2D eigenvalue weighted by Crippen LogP contribution is 2.39. The van der Waals surface area contributed by atoms with Gasteiger partial charge in [-0.2, -0.15) is 0 Å². The summed E-state index contributed by atoms with van der Waals surface area (Å²) in [6, 6.07) is 5.22. The zero-order valence-electron chi connectivity index (χ0n) is 11.1. The maximum absolute atomic E-state index is 13.8. The molecule has 1 aromatic carbocycles. The van der Waals surface area contributed by atoms with Gasteiger partial charge in [-0.25, -0.2) is 4.39 Å². The number of rotatable bonds is 2. The minimum absolute atomic E-state index is 0.0885. The smallest absolute Gasteiger partial charge is 0.127 e. The maximum Gasteiger partial charge on any atom is 0.127 e. The lowest BCUT2D eigenvalue weighted by Gasteiger charge is -2.34. The van der Waals surface area contributed by atoms with E-state index in [1.807, 2.05) is 6.07 Å².